The number of hydrogen-bond acceptors (Lipinski definition) is 6. The molecule has 7 nitrogen and oxygen atoms in total. The molecule has 0 saturated carbocycles. The minimum Gasteiger partial charge on any atom is -1.00 e. The molecule has 0 aliphatic heterocycles. The average Bonchev–Trinajstić information content (AvgIpc) is 2.89. The van der Waals surface area contributed by atoms with E-state index in [9.17, 15) is 0 Å². The van der Waals surface area contributed by atoms with E-state index in [1.165, 1.54) is 11.5 Å². The van der Waals surface area contributed by atoms with Crippen molar-refractivity contribution in [3.63, 3.8) is 0 Å². The topological polar surface area (TPSA) is 71.3 Å². The average molecular weight is 358 g/mol. The Hall–Kier alpha value is -1.90. The molecule has 116 valence electrons. The fourth-order valence-corrected chi connectivity index (χ4v) is 2.20. The van der Waals surface area contributed by atoms with Crippen molar-refractivity contribution in [2.45, 2.75) is 6.92 Å². The van der Waals surface area contributed by atoms with Crippen LogP contribution in [0, 0.1) is 6.92 Å². The van der Waals surface area contributed by atoms with Crippen molar-refractivity contribution in [3.8, 4) is 10.7 Å². The lowest BCUT2D eigenvalue weighted by atomic mass is 10.4. The molecule has 3 aromatic rings. The van der Waals surface area contributed by atoms with Crippen LogP contribution in [0.4, 0.5) is 5.82 Å². The summed E-state index contributed by atoms with van der Waals surface area (Å²) in [5, 5.41) is 9.06. The van der Waals surface area contributed by atoms with Gasteiger partial charge in [-0.1, -0.05) is 4.68 Å². The lowest BCUT2D eigenvalue weighted by molar-refractivity contribution is -0.715. The first-order chi connectivity index (χ1) is 9.70. The van der Waals surface area contributed by atoms with E-state index in [1.54, 1.807) is 4.68 Å². The second-order valence-corrected chi connectivity index (χ2v) is 4.98. The molecule has 0 atom stereocenters. The summed E-state index contributed by atoms with van der Waals surface area (Å²) in [7, 11) is 1.96. The van der Waals surface area contributed by atoms with Crippen LogP contribution in [0.15, 0.2) is 36.9 Å². The fraction of sp³-hybridized carbons (Fsp3) is 0.167. The van der Waals surface area contributed by atoms with Gasteiger partial charge in [0.25, 0.3) is 12.4 Å². The standard InChI is InChI=1S/C12H12N7S.2ClH/c1-9-13-12(20-17-9)10-3-4-11(15-14-10)16-19-7-5-18(2)6-8-19;;/h3-8H,1-2H3;2*1H/q+1;;/p-1. The zero-order valence-corrected chi connectivity index (χ0v) is 14.1. The Morgan fingerprint density at radius 1 is 1.05 bits per heavy atom. The van der Waals surface area contributed by atoms with E-state index in [0.717, 1.165) is 16.5 Å². The first-order valence-corrected chi connectivity index (χ1v) is 6.76. The smallest absolute Gasteiger partial charge is 0.263 e. The van der Waals surface area contributed by atoms with Crippen LogP contribution in [-0.4, -0.2) is 19.6 Å². The van der Waals surface area contributed by atoms with Crippen LogP contribution >= 0.6 is 11.5 Å². The van der Waals surface area contributed by atoms with Crippen LogP contribution in [0.25, 0.3) is 10.7 Å². The lowest BCUT2D eigenvalue weighted by Crippen LogP contribution is -3.00. The maximum atomic E-state index is 4.28. The highest BCUT2D eigenvalue weighted by Crippen LogP contribution is 2.18. The number of nitrogens with zero attached hydrogens (tertiary/aromatic N) is 6. The van der Waals surface area contributed by atoms with Crippen LogP contribution in [-0.2, 0) is 7.05 Å². The summed E-state index contributed by atoms with van der Waals surface area (Å²) in [6, 6.07) is 3.73. The molecule has 10 heteroatoms. The van der Waals surface area contributed by atoms with Gasteiger partial charge >= 0.3 is 0 Å². The highest BCUT2D eigenvalue weighted by Gasteiger charge is 2.08. The quantitative estimate of drug-likeness (QED) is 0.473. The first kappa shape index (κ1) is 18.1. The Morgan fingerprint density at radius 3 is 2.32 bits per heavy atom. The van der Waals surface area contributed by atoms with Crippen molar-refractivity contribution in [2.24, 2.45) is 7.05 Å². The van der Waals surface area contributed by atoms with Crippen molar-refractivity contribution >= 4 is 17.4 Å². The van der Waals surface area contributed by atoms with Gasteiger partial charge in [0.05, 0.1) is 0 Å². The van der Waals surface area contributed by atoms with Crippen LogP contribution in [0.3, 0.4) is 0 Å². The minimum atomic E-state index is 0. The third-order valence-electron chi connectivity index (χ3n) is 2.58. The summed E-state index contributed by atoms with van der Waals surface area (Å²) in [6.07, 6.45) is 7.64. The third-order valence-corrected chi connectivity index (χ3v) is 3.41. The Kier molecular flexibility index (Phi) is 6.54. The number of aryl methyl sites for hydroxylation is 2. The van der Waals surface area contributed by atoms with E-state index in [0.29, 0.717) is 5.82 Å². The molecule has 3 aromatic heterocycles. The Bertz CT molecular complexity index is 715. The second-order valence-electron chi connectivity index (χ2n) is 4.23. The van der Waals surface area contributed by atoms with Crippen LogP contribution in [0.5, 0.6) is 0 Å². The summed E-state index contributed by atoms with van der Waals surface area (Å²) in [5.41, 5.74) is 3.84. The summed E-state index contributed by atoms with van der Waals surface area (Å²) >= 11 is 1.32. The molecule has 1 N–H and O–H groups in total. The molecule has 0 amide bonds. The van der Waals surface area contributed by atoms with Crippen molar-refractivity contribution in [2.75, 3.05) is 5.43 Å². The third kappa shape index (κ3) is 4.30. The number of halogens is 2. The van der Waals surface area contributed by atoms with Crippen molar-refractivity contribution < 1.29 is 34.1 Å². The SMILES string of the molecule is Cc1nsc(-c2ccc(N[n+]3cc[n+](C)cc3)nn2)n1.[Cl-].[Cl-]. The normalized spacial score (nSPS) is 9.55. The first-order valence-electron chi connectivity index (χ1n) is 5.99. The van der Waals surface area contributed by atoms with Gasteiger partial charge in [0.2, 0.25) is 18.2 Å². The van der Waals surface area contributed by atoms with Gasteiger partial charge in [-0.3, -0.25) is 0 Å². The summed E-state index contributed by atoms with van der Waals surface area (Å²) in [6.45, 7) is 1.86. The van der Waals surface area contributed by atoms with Gasteiger partial charge < -0.3 is 24.8 Å². The van der Waals surface area contributed by atoms with Gasteiger partial charge in [0.15, 0.2) is 5.01 Å². The Morgan fingerprint density at radius 2 is 1.77 bits per heavy atom. The molecule has 0 aromatic carbocycles. The molecule has 3 rings (SSSR count). The number of aromatic nitrogens is 6. The lowest BCUT2D eigenvalue weighted by Gasteiger charge is -1.98. The van der Waals surface area contributed by atoms with Gasteiger partial charge in [-0.2, -0.15) is 8.94 Å². The van der Waals surface area contributed by atoms with Gasteiger partial charge in [0, 0.05) is 0 Å². The maximum Gasteiger partial charge on any atom is 0.263 e. The molecule has 22 heavy (non-hydrogen) atoms. The van der Waals surface area contributed by atoms with E-state index in [2.05, 4.69) is 25.0 Å². The monoisotopic (exact) mass is 357 g/mol. The largest absolute Gasteiger partial charge is 1.00 e. The predicted molar refractivity (Wildman–Crippen MR) is 72.5 cm³/mol. The van der Waals surface area contributed by atoms with E-state index >= 15 is 0 Å². The zero-order valence-electron chi connectivity index (χ0n) is 11.8. The highest BCUT2D eigenvalue weighted by atomic mass is 35.5. The van der Waals surface area contributed by atoms with Gasteiger partial charge in [0.1, 0.15) is 18.6 Å². The Balaban J connectivity index is 0.00000121. The molecule has 0 unspecified atom stereocenters. The molecule has 0 fully saturated rings. The molecule has 0 bridgehead atoms. The number of hydrogen-bond donors (Lipinski definition) is 1. The number of rotatable bonds is 3. The van der Waals surface area contributed by atoms with Crippen molar-refractivity contribution in [1.82, 2.24) is 19.6 Å². The fourth-order valence-electron chi connectivity index (χ4n) is 1.57. The maximum absolute atomic E-state index is 4.28. The van der Waals surface area contributed by atoms with E-state index in [1.807, 2.05) is 55.5 Å². The number of anilines is 1. The van der Waals surface area contributed by atoms with Gasteiger partial charge in [-0.05, 0) is 30.6 Å². The molecular formula is C12H13Cl2N7S. The second kappa shape index (κ2) is 7.92. The Labute approximate surface area is 144 Å². The van der Waals surface area contributed by atoms with Gasteiger partial charge in [-0.15, -0.1) is 15.6 Å². The van der Waals surface area contributed by atoms with Gasteiger partial charge in [-0.25, -0.2) is 4.98 Å². The molecule has 0 aliphatic carbocycles. The minimum absolute atomic E-state index is 0. The molecule has 3 heterocycles. The van der Waals surface area contributed by atoms with E-state index in [-0.39, 0.29) is 24.8 Å². The van der Waals surface area contributed by atoms with E-state index in [4.69, 9.17) is 0 Å². The summed E-state index contributed by atoms with van der Waals surface area (Å²) in [5.74, 6) is 1.41. The summed E-state index contributed by atoms with van der Waals surface area (Å²) < 4.78 is 7.89. The molecule has 0 radical (unpaired) electrons. The van der Waals surface area contributed by atoms with Crippen molar-refractivity contribution in [1.29, 1.82) is 0 Å². The number of nitrogens with one attached hydrogen (secondary N) is 1. The van der Waals surface area contributed by atoms with E-state index < -0.39 is 0 Å². The molecule has 0 spiro atoms. The summed E-state index contributed by atoms with van der Waals surface area (Å²) in [4.78, 5) is 4.28. The molecular weight excluding hydrogens is 345 g/mol. The predicted octanol–water partition coefficient (Wildman–Crippen LogP) is -5.70. The zero-order chi connectivity index (χ0) is 13.9. The van der Waals surface area contributed by atoms with Crippen LogP contribution in [0.2, 0.25) is 0 Å². The highest BCUT2D eigenvalue weighted by molar-refractivity contribution is 7.09. The molecule has 0 aliphatic rings. The van der Waals surface area contributed by atoms with Crippen LogP contribution in [0.1, 0.15) is 5.82 Å². The van der Waals surface area contributed by atoms with Crippen molar-refractivity contribution in [3.05, 3.63) is 42.7 Å². The van der Waals surface area contributed by atoms with Crippen LogP contribution < -0.4 is 39.5 Å². The molecule has 0 saturated heterocycles.